The van der Waals surface area contributed by atoms with Crippen molar-refractivity contribution in [1.82, 2.24) is 5.32 Å². The van der Waals surface area contributed by atoms with Crippen LogP contribution in [-0.4, -0.2) is 24.7 Å². The molecule has 0 saturated heterocycles. The number of amides is 2. The molecular weight excluding hydrogens is 344 g/mol. The molecule has 2 aromatic rings. The first-order chi connectivity index (χ1) is 13.0. The fraction of sp³-hybridized carbons (Fsp3) is 0.286. The van der Waals surface area contributed by atoms with Crippen LogP contribution >= 0.6 is 0 Å². The van der Waals surface area contributed by atoms with Crippen molar-refractivity contribution < 1.29 is 19.1 Å². The first-order valence-electron chi connectivity index (χ1n) is 8.79. The van der Waals surface area contributed by atoms with Crippen molar-refractivity contribution in [2.45, 2.75) is 26.3 Å². The van der Waals surface area contributed by atoms with E-state index in [4.69, 9.17) is 4.74 Å². The van der Waals surface area contributed by atoms with E-state index in [9.17, 15) is 14.4 Å². The number of Topliss-reactive ketones (excluding diaryl/α,β-unsaturated/α-hetero) is 1. The van der Waals surface area contributed by atoms with Crippen molar-refractivity contribution in [2.24, 2.45) is 5.41 Å². The molecule has 3 rings (SSSR count). The third kappa shape index (κ3) is 4.00. The lowest BCUT2D eigenvalue weighted by Gasteiger charge is -2.16. The average molecular weight is 366 g/mol. The molecule has 0 aromatic heterocycles. The number of ketones is 1. The Hall–Kier alpha value is -3.15. The minimum atomic E-state index is -1.03. The summed E-state index contributed by atoms with van der Waals surface area (Å²) in [4.78, 5) is 36.6. The van der Waals surface area contributed by atoms with Gasteiger partial charge in [-0.15, -0.1) is 0 Å². The van der Waals surface area contributed by atoms with Crippen molar-refractivity contribution in [3.8, 4) is 5.75 Å². The highest BCUT2D eigenvalue weighted by Crippen LogP contribution is 2.47. The van der Waals surface area contributed by atoms with Gasteiger partial charge in [0.15, 0.2) is 5.78 Å². The molecule has 27 heavy (non-hydrogen) atoms. The van der Waals surface area contributed by atoms with Crippen LogP contribution in [0.5, 0.6) is 5.75 Å². The molecule has 1 saturated carbocycles. The second-order valence-electron chi connectivity index (χ2n) is 6.66. The standard InChI is InChI=1S/C21H22N2O4/c1-14(24)15-7-9-17(10-8-15)23-20(26)21(11-12-21)19(25)22-13-16-5-3-4-6-18(16)27-2/h3-10H,11-13H2,1-2H3,(H,22,25)(H,23,26). The van der Waals surface area contributed by atoms with Gasteiger partial charge in [-0.05, 0) is 50.1 Å². The number of anilines is 1. The van der Waals surface area contributed by atoms with Crippen molar-refractivity contribution in [3.63, 3.8) is 0 Å². The summed E-state index contributed by atoms with van der Waals surface area (Å²) in [5, 5.41) is 5.62. The topological polar surface area (TPSA) is 84.5 Å². The Bertz CT molecular complexity index is 870. The molecule has 0 heterocycles. The third-order valence-corrected chi connectivity index (χ3v) is 4.80. The molecule has 1 fully saturated rings. The van der Waals surface area contributed by atoms with Gasteiger partial charge in [-0.3, -0.25) is 14.4 Å². The number of benzene rings is 2. The van der Waals surface area contributed by atoms with Crippen LogP contribution in [0.4, 0.5) is 5.69 Å². The highest BCUT2D eigenvalue weighted by Gasteiger charge is 2.56. The van der Waals surface area contributed by atoms with Crippen LogP contribution in [0.15, 0.2) is 48.5 Å². The normalized spacial score (nSPS) is 14.1. The first kappa shape index (κ1) is 18.6. The van der Waals surface area contributed by atoms with Crippen molar-refractivity contribution in [2.75, 3.05) is 12.4 Å². The van der Waals surface area contributed by atoms with Crippen molar-refractivity contribution in [1.29, 1.82) is 0 Å². The summed E-state index contributed by atoms with van der Waals surface area (Å²) < 4.78 is 5.28. The maximum absolute atomic E-state index is 12.6. The molecule has 2 amide bonds. The van der Waals surface area contributed by atoms with Crippen LogP contribution in [0.2, 0.25) is 0 Å². The number of methoxy groups -OCH3 is 1. The van der Waals surface area contributed by atoms with Crippen LogP contribution in [0.3, 0.4) is 0 Å². The molecule has 6 nitrogen and oxygen atoms in total. The highest BCUT2D eigenvalue weighted by molar-refractivity contribution is 6.13. The number of ether oxygens (including phenoxy) is 1. The molecule has 140 valence electrons. The Balaban J connectivity index is 1.62. The molecule has 0 radical (unpaired) electrons. The van der Waals surface area contributed by atoms with E-state index in [1.165, 1.54) is 6.92 Å². The van der Waals surface area contributed by atoms with E-state index in [2.05, 4.69) is 10.6 Å². The molecule has 2 N–H and O–H groups in total. The van der Waals surface area contributed by atoms with Gasteiger partial charge in [0.1, 0.15) is 11.2 Å². The van der Waals surface area contributed by atoms with Crippen LogP contribution in [0.25, 0.3) is 0 Å². The number of carbonyl (C=O) groups is 3. The SMILES string of the molecule is COc1ccccc1CNC(=O)C1(C(=O)Nc2ccc(C(C)=O)cc2)CC1. The minimum Gasteiger partial charge on any atom is -0.496 e. The molecule has 6 heteroatoms. The molecule has 1 aliphatic rings. The molecule has 0 spiro atoms. The Kier molecular flexibility index (Phi) is 5.26. The number of carbonyl (C=O) groups excluding carboxylic acids is 3. The molecule has 0 aliphatic heterocycles. The van der Waals surface area contributed by atoms with Crippen LogP contribution in [0, 0.1) is 5.41 Å². The van der Waals surface area contributed by atoms with E-state index in [1.54, 1.807) is 31.4 Å². The number of hydrogen-bond acceptors (Lipinski definition) is 4. The first-order valence-corrected chi connectivity index (χ1v) is 8.79. The summed E-state index contributed by atoms with van der Waals surface area (Å²) in [7, 11) is 1.58. The highest BCUT2D eigenvalue weighted by atomic mass is 16.5. The monoisotopic (exact) mass is 366 g/mol. The Morgan fingerprint density at radius 1 is 1.00 bits per heavy atom. The fourth-order valence-corrected chi connectivity index (χ4v) is 2.91. The second kappa shape index (κ2) is 7.61. The largest absolute Gasteiger partial charge is 0.496 e. The predicted molar refractivity (Wildman–Crippen MR) is 102 cm³/mol. The smallest absolute Gasteiger partial charge is 0.240 e. The summed E-state index contributed by atoms with van der Waals surface area (Å²) in [6.07, 6.45) is 1.03. The summed E-state index contributed by atoms with van der Waals surface area (Å²) in [6, 6.07) is 14.1. The zero-order chi connectivity index (χ0) is 19.4. The Morgan fingerprint density at radius 3 is 2.26 bits per heavy atom. The summed E-state index contributed by atoms with van der Waals surface area (Å²) in [5.41, 5.74) is 0.961. The van der Waals surface area contributed by atoms with Gasteiger partial charge < -0.3 is 15.4 Å². The van der Waals surface area contributed by atoms with E-state index in [0.29, 0.717) is 36.4 Å². The van der Waals surface area contributed by atoms with Gasteiger partial charge in [0.05, 0.1) is 7.11 Å². The molecule has 1 aliphatic carbocycles. The lowest BCUT2D eigenvalue weighted by molar-refractivity contribution is -0.134. The van der Waals surface area contributed by atoms with Crippen LogP contribution in [0.1, 0.15) is 35.7 Å². The molecule has 0 unspecified atom stereocenters. The van der Waals surface area contributed by atoms with Crippen molar-refractivity contribution >= 4 is 23.3 Å². The number of hydrogen-bond donors (Lipinski definition) is 2. The predicted octanol–water partition coefficient (Wildman–Crippen LogP) is 2.93. The zero-order valence-electron chi connectivity index (χ0n) is 15.4. The summed E-state index contributed by atoms with van der Waals surface area (Å²) in [5.74, 6) is 0.0433. The number of rotatable bonds is 7. The van der Waals surface area contributed by atoms with Gasteiger partial charge in [-0.2, -0.15) is 0 Å². The maximum atomic E-state index is 12.6. The fourth-order valence-electron chi connectivity index (χ4n) is 2.91. The van der Waals surface area contributed by atoms with E-state index < -0.39 is 5.41 Å². The molecule has 2 aromatic carbocycles. The Labute approximate surface area is 157 Å². The van der Waals surface area contributed by atoms with Gasteiger partial charge in [0.2, 0.25) is 11.8 Å². The lowest BCUT2D eigenvalue weighted by atomic mass is 10.0. The van der Waals surface area contributed by atoms with Crippen LogP contribution < -0.4 is 15.4 Å². The number of para-hydroxylation sites is 1. The summed E-state index contributed by atoms with van der Waals surface area (Å²) >= 11 is 0. The summed E-state index contributed by atoms with van der Waals surface area (Å²) in [6.45, 7) is 1.78. The second-order valence-corrected chi connectivity index (χ2v) is 6.66. The van der Waals surface area contributed by atoms with E-state index in [0.717, 1.165) is 5.56 Å². The maximum Gasteiger partial charge on any atom is 0.240 e. The van der Waals surface area contributed by atoms with E-state index in [1.807, 2.05) is 24.3 Å². The third-order valence-electron chi connectivity index (χ3n) is 4.80. The van der Waals surface area contributed by atoms with Gasteiger partial charge in [-0.1, -0.05) is 18.2 Å². The lowest BCUT2D eigenvalue weighted by Crippen LogP contribution is -2.39. The number of nitrogens with one attached hydrogen (secondary N) is 2. The van der Waals surface area contributed by atoms with Gasteiger partial charge in [-0.25, -0.2) is 0 Å². The molecule has 0 atom stereocenters. The van der Waals surface area contributed by atoms with Gasteiger partial charge in [0, 0.05) is 23.4 Å². The van der Waals surface area contributed by atoms with Gasteiger partial charge in [0.25, 0.3) is 0 Å². The van der Waals surface area contributed by atoms with E-state index >= 15 is 0 Å². The molecular formula is C21H22N2O4. The van der Waals surface area contributed by atoms with Gasteiger partial charge >= 0.3 is 0 Å². The van der Waals surface area contributed by atoms with Crippen molar-refractivity contribution in [3.05, 3.63) is 59.7 Å². The Morgan fingerprint density at radius 2 is 1.67 bits per heavy atom. The molecule has 0 bridgehead atoms. The minimum absolute atomic E-state index is 0.0396. The zero-order valence-corrected chi connectivity index (χ0v) is 15.4. The van der Waals surface area contributed by atoms with E-state index in [-0.39, 0.29) is 17.6 Å². The average Bonchev–Trinajstić information content (AvgIpc) is 3.49. The van der Waals surface area contributed by atoms with Crippen LogP contribution in [-0.2, 0) is 16.1 Å². The quantitative estimate of drug-likeness (QED) is 0.583.